The number of amides is 2. The molecular formula is C25H31FN2O5. The minimum Gasteiger partial charge on any atom is -0.493 e. The van der Waals surface area contributed by atoms with Crippen LogP contribution in [0.1, 0.15) is 43.0 Å². The molecule has 0 saturated heterocycles. The van der Waals surface area contributed by atoms with Gasteiger partial charge < -0.3 is 24.4 Å². The molecule has 8 heteroatoms. The van der Waals surface area contributed by atoms with Crippen molar-refractivity contribution in [3.63, 3.8) is 0 Å². The molecule has 0 aliphatic carbocycles. The lowest BCUT2D eigenvalue weighted by Crippen LogP contribution is -2.51. The number of fused-ring (bicyclic) bond motifs is 1. The van der Waals surface area contributed by atoms with Crippen molar-refractivity contribution in [3.05, 3.63) is 58.9 Å². The normalized spacial score (nSPS) is 16.1. The van der Waals surface area contributed by atoms with Crippen LogP contribution in [-0.4, -0.2) is 50.8 Å². The van der Waals surface area contributed by atoms with Crippen LogP contribution in [0.5, 0.6) is 11.5 Å². The van der Waals surface area contributed by atoms with Gasteiger partial charge in [-0.1, -0.05) is 26.0 Å². The van der Waals surface area contributed by atoms with Crippen LogP contribution in [0.25, 0.3) is 0 Å². The zero-order valence-electron chi connectivity index (χ0n) is 19.7. The second-order valence-corrected chi connectivity index (χ2v) is 8.46. The van der Waals surface area contributed by atoms with Crippen LogP contribution in [0.15, 0.2) is 36.4 Å². The molecule has 2 aromatic carbocycles. The highest BCUT2D eigenvalue weighted by Gasteiger charge is 2.35. The Morgan fingerprint density at radius 2 is 1.73 bits per heavy atom. The van der Waals surface area contributed by atoms with Gasteiger partial charge in [0.1, 0.15) is 11.9 Å². The molecule has 1 N–H and O–H groups in total. The predicted molar refractivity (Wildman–Crippen MR) is 122 cm³/mol. The number of benzene rings is 2. The Bertz CT molecular complexity index is 993. The van der Waals surface area contributed by atoms with Gasteiger partial charge in [-0.2, -0.15) is 0 Å². The van der Waals surface area contributed by atoms with Gasteiger partial charge in [0, 0.05) is 6.54 Å². The number of carbonyl (C=O) groups is 2. The average Bonchev–Trinajstić information content (AvgIpc) is 2.81. The molecule has 0 spiro atoms. The molecule has 0 bridgehead atoms. The molecule has 0 aromatic heterocycles. The molecule has 1 aliphatic rings. The number of esters is 1. The molecule has 1 heterocycles. The van der Waals surface area contributed by atoms with Gasteiger partial charge in [0.25, 0.3) is 0 Å². The highest BCUT2D eigenvalue weighted by Crippen LogP contribution is 2.41. The van der Waals surface area contributed by atoms with Crippen molar-refractivity contribution in [2.75, 3.05) is 27.9 Å². The maximum atomic E-state index is 13.7. The molecule has 2 amide bonds. The molecule has 0 fully saturated rings. The summed E-state index contributed by atoms with van der Waals surface area (Å²) in [6.45, 7) is 4.35. The van der Waals surface area contributed by atoms with E-state index in [1.165, 1.54) is 19.2 Å². The average molecular weight is 459 g/mol. The first kappa shape index (κ1) is 24.4. The van der Waals surface area contributed by atoms with Gasteiger partial charge in [-0.3, -0.25) is 0 Å². The Labute approximate surface area is 193 Å². The van der Waals surface area contributed by atoms with Crippen LogP contribution in [0.2, 0.25) is 0 Å². The standard InChI is InChI=1S/C25H31FN2O5/c1-15(2)12-20(24(29)33-5)27-25(30)28-11-10-17-13-21(31-3)22(32-4)14-19(17)23(28)16-6-8-18(26)9-7-16/h6-9,13-15,20,23H,10-12H2,1-5H3,(H,27,30)/t20-,23+/m0/s1. The van der Waals surface area contributed by atoms with Crippen molar-refractivity contribution in [2.45, 2.75) is 38.8 Å². The van der Waals surface area contributed by atoms with Gasteiger partial charge in [-0.25, -0.2) is 14.0 Å². The van der Waals surface area contributed by atoms with E-state index in [0.29, 0.717) is 30.9 Å². The third-order valence-corrected chi connectivity index (χ3v) is 5.81. The van der Waals surface area contributed by atoms with Crippen molar-refractivity contribution >= 4 is 12.0 Å². The van der Waals surface area contributed by atoms with Gasteiger partial charge in [-0.15, -0.1) is 0 Å². The van der Waals surface area contributed by atoms with Crippen LogP contribution in [0, 0.1) is 11.7 Å². The zero-order chi connectivity index (χ0) is 24.1. The summed E-state index contributed by atoms with van der Waals surface area (Å²) in [6, 6.07) is 8.20. The number of methoxy groups -OCH3 is 3. The van der Waals surface area contributed by atoms with Gasteiger partial charge in [0.05, 0.1) is 27.4 Å². The second kappa shape index (κ2) is 10.6. The lowest BCUT2D eigenvalue weighted by atomic mass is 9.87. The number of carbonyl (C=O) groups excluding carboxylic acids is 2. The fourth-order valence-corrected chi connectivity index (χ4v) is 4.23. The quantitative estimate of drug-likeness (QED) is 0.633. The monoisotopic (exact) mass is 458 g/mol. The predicted octanol–water partition coefficient (Wildman–Crippen LogP) is 4.09. The molecule has 3 rings (SSSR count). The minimum atomic E-state index is -0.761. The molecule has 2 atom stereocenters. The number of hydrogen-bond donors (Lipinski definition) is 1. The summed E-state index contributed by atoms with van der Waals surface area (Å²) in [5.41, 5.74) is 2.62. The Balaban J connectivity index is 2.02. The molecule has 2 aromatic rings. The minimum absolute atomic E-state index is 0.182. The Morgan fingerprint density at radius 3 is 2.30 bits per heavy atom. The van der Waals surface area contributed by atoms with E-state index in [4.69, 9.17) is 14.2 Å². The van der Waals surface area contributed by atoms with E-state index in [1.807, 2.05) is 26.0 Å². The van der Waals surface area contributed by atoms with Gasteiger partial charge in [0.2, 0.25) is 0 Å². The summed E-state index contributed by atoms with van der Waals surface area (Å²) >= 11 is 0. The summed E-state index contributed by atoms with van der Waals surface area (Å²) in [5.74, 6) is 0.480. The Morgan fingerprint density at radius 1 is 1.09 bits per heavy atom. The van der Waals surface area contributed by atoms with Gasteiger partial charge in [-0.05, 0) is 59.7 Å². The second-order valence-electron chi connectivity index (χ2n) is 8.46. The van der Waals surface area contributed by atoms with E-state index in [1.54, 1.807) is 31.3 Å². The van der Waals surface area contributed by atoms with E-state index in [-0.39, 0.29) is 17.8 Å². The molecule has 178 valence electrons. The van der Waals surface area contributed by atoms with Crippen molar-refractivity contribution in [2.24, 2.45) is 5.92 Å². The van der Waals surface area contributed by atoms with Crippen LogP contribution in [0.3, 0.4) is 0 Å². The van der Waals surface area contributed by atoms with E-state index in [2.05, 4.69) is 5.32 Å². The number of hydrogen-bond acceptors (Lipinski definition) is 5. The van der Waals surface area contributed by atoms with Gasteiger partial charge >= 0.3 is 12.0 Å². The summed E-state index contributed by atoms with van der Waals surface area (Å²) in [4.78, 5) is 27.4. The van der Waals surface area contributed by atoms with Gasteiger partial charge in [0.15, 0.2) is 11.5 Å². The molecular weight excluding hydrogens is 427 g/mol. The largest absolute Gasteiger partial charge is 0.493 e. The first-order chi connectivity index (χ1) is 15.8. The maximum Gasteiger partial charge on any atom is 0.328 e. The number of halogens is 1. The van der Waals surface area contributed by atoms with E-state index in [9.17, 15) is 14.0 Å². The smallest absolute Gasteiger partial charge is 0.328 e. The highest BCUT2D eigenvalue weighted by atomic mass is 19.1. The van der Waals surface area contributed by atoms with E-state index >= 15 is 0 Å². The molecule has 0 saturated carbocycles. The summed E-state index contributed by atoms with van der Waals surface area (Å²) in [6.07, 6.45) is 1.04. The summed E-state index contributed by atoms with van der Waals surface area (Å²) in [5, 5.41) is 2.84. The van der Waals surface area contributed by atoms with E-state index in [0.717, 1.165) is 16.7 Å². The van der Waals surface area contributed by atoms with Crippen molar-refractivity contribution < 1.29 is 28.2 Å². The third-order valence-electron chi connectivity index (χ3n) is 5.81. The molecule has 1 aliphatic heterocycles. The molecule has 0 radical (unpaired) electrons. The first-order valence-electron chi connectivity index (χ1n) is 10.9. The van der Waals surface area contributed by atoms with Crippen molar-refractivity contribution in [1.29, 1.82) is 0 Å². The van der Waals surface area contributed by atoms with Crippen molar-refractivity contribution in [3.8, 4) is 11.5 Å². The number of ether oxygens (including phenoxy) is 3. The van der Waals surface area contributed by atoms with Crippen LogP contribution in [0.4, 0.5) is 9.18 Å². The SMILES string of the molecule is COC(=O)[C@H](CC(C)C)NC(=O)N1CCc2cc(OC)c(OC)cc2[C@H]1c1ccc(F)cc1. The van der Waals surface area contributed by atoms with Crippen molar-refractivity contribution in [1.82, 2.24) is 10.2 Å². The number of nitrogens with zero attached hydrogens (tertiary/aromatic N) is 1. The first-order valence-corrected chi connectivity index (χ1v) is 10.9. The zero-order valence-corrected chi connectivity index (χ0v) is 19.7. The Hall–Kier alpha value is -3.29. The fraction of sp³-hybridized carbons (Fsp3) is 0.440. The lowest BCUT2D eigenvalue weighted by molar-refractivity contribution is -0.143. The third kappa shape index (κ3) is 5.38. The van der Waals surface area contributed by atoms with Crippen LogP contribution in [-0.2, 0) is 16.0 Å². The summed E-state index contributed by atoms with van der Waals surface area (Å²) in [7, 11) is 4.43. The Kier molecular flexibility index (Phi) is 7.79. The van der Waals surface area contributed by atoms with Crippen LogP contribution < -0.4 is 14.8 Å². The molecule has 33 heavy (non-hydrogen) atoms. The highest BCUT2D eigenvalue weighted by molar-refractivity contribution is 5.84. The van der Waals surface area contributed by atoms with Crippen LogP contribution >= 0.6 is 0 Å². The molecule has 0 unspecified atom stereocenters. The maximum absolute atomic E-state index is 13.7. The summed E-state index contributed by atoms with van der Waals surface area (Å²) < 4.78 is 29.5. The number of nitrogens with one attached hydrogen (secondary N) is 1. The lowest BCUT2D eigenvalue weighted by Gasteiger charge is -2.38. The topological polar surface area (TPSA) is 77.1 Å². The fourth-order valence-electron chi connectivity index (χ4n) is 4.23. The molecule has 7 nitrogen and oxygen atoms in total. The number of urea groups is 1. The van der Waals surface area contributed by atoms with E-state index < -0.39 is 18.1 Å². The number of rotatable bonds is 7.